The molecule has 6 heteroatoms. The number of nitrogens with zero attached hydrogens (tertiary/aromatic N) is 1. The maximum Gasteiger partial charge on any atom is 0.295 e. The van der Waals surface area contributed by atoms with Crippen molar-refractivity contribution in [1.82, 2.24) is 0 Å². The lowest BCUT2D eigenvalue weighted by Crippen LogP contribution is -2.29. The molecule has 0 aliphatic carbocycles. The third kappa shape index (κ3) is 2.87. The quantitative estimate of drug-likeness (QED) is 0.380. The first-order valence-electron chi connectivity index (χ1n) is 9.36. The lowest BCUT2D eigenvalue weighted by atomic mass is 9.98. The van der Waals surface area contributed by atoms with Gasteiger partial charge in [-0.3, -0.25) is 14.5 Å². The van der Waals surface area contributed by atoms with Gasteiger partial charge in [0.15, 0.2) is 5.43 Å². The summed E-state index contributed by atoms with van der Waals surface area (Å²) in [5.41, 5.74) is 2.55. The Morgan fingerprint density at radius 1 is 0.967 bits per heavy atom. The van der Waals surface area contributed by atoms with E-state index in [2.05, 4.69) is 15.9 Å². The van der Waals surface area contributed by atoms with Crippen LogP contribution in [0.15, 0.2) is 80.4 Å². The highest BCUT2D eigenvalue weighted by atomic mass is 79.9. The Labute approximate surface area is 179 Å². The third-order valence-electron chi connectivity index (χ3n) is 5.32. The summed E-state index contributed by atoms with van der Waals surface area (Å²) < 4.78 is 20.4. The van der Waals surface area contributed by atoms with Gasteiger partial charge in [-0.15, -0.1) is 0 Å². The monoisotopic (exact) mass is 463 g/mol. The van der Waals surface area contributed by atoms with Gasteiger partial charge in [-0.05, 0) is 61.0 Å². The Balaban J connectivity index is 1.81. The van der Waals surface area contributed by atoms with Gasteiger partial charge >= 0.3 is 0 Å². The van der Waals surface area contributed by atoms with Crippen LogP contribution in [0.1, 0.15) is 33.3 Å². The number of amides is 1. The van der Waals surface area contributed by atoms with E-state index in [0.29, 0.717) is 22.2 Å². The molecule has 5 rings (SSSR count). The van der Waals surface area contributed by atoms with Crippen molar-refractivity contribution < 1.29 is 13.6 Å². The van der Waals surface area contributed by atoms with E-state index in [1.165, 1.54) is 17.0 Å². The van der Waals surface area contributed by atoms with Gasteiger partial charge in [0, 0.05) is 10.2 Å². The molecule has 0 fully saturated rings. The van der Waals surface area contributed by atoms with Crippen LogP contribution in [0.3, 0.4) is 0 Å². The van der Waals surface area contributed by atoms with E-state index >= 15 is 0 Å². The maximum absolute atomic E-state index is 13.6. The number of benzene rings is 3. The number of fused-ring (bicyclic) bond motifs is 2. The first-order valence-corrected chi connectivity index (χ1v) is 10.2. The molecule has 1 atom stereocenters. The molecule has 0 N–H and O–H groups in total. The lowest BCUT2D eigenvalue weighted by molar-refractivity contribution is 0.0971. The van der Waals surface area contributed by atoms with Gasteiger partial charge in [0.05, 0.1) is 17.0 Å². The van der Waals surface area contributed by atoms with Gasteiger partial charge in [-0.1, -0.05) is 39.7 Å². The highest BCUT2D eigenvalue weighted by Gasteiger charge is 2.43. The smallest absolute Gasteiger partial charge is 0.295 e. The molecule has 0 unspecified atom stereocenters. The summed E-state index contributed by atoms with van der Waals surface area (Å²) in [4.78, 5) is 28.4. The molecule has 4 nitrogen and oxygen atoms in total. The van der Waals surface area contributed by atoms with Gasteiger partial charge in [0.2, 0.25) is 5.76 Å². The third-order valence-corrected chi connectivity index (χ3v) is 5.84. The van der Waals surface area contributed by atoms with Crippen molar-refractivity contribution in [2.75, 3.05) is 4.90 Å². The second-order valence-corrected chi connectivity index (χ2v) is 8.19. The minimum Gasteiger partial charge on any atom is -0.450 e. The van der Waals surface area contributed by atoms with Crippen molar-refractivity contribution >= 4 is 38.5 Å². The molecule has 0 radical (unpaired) electrons. The number of carbonyl (C=O) groups excluding carboxylic acids is 1. The van der Waals surface area contributed by atoms with Crippen LogP contribution in [-0.2, 0) is 0 Å². The molecular weight excluding hydrogens is 449 g/mol. The summed E-state index contributed by atoms with van der Waals surface area (Å²) in [7, 11) is 0. The zero-order valence-corrected chi connectivity index (χ0v) is 17.4. The zero-order valence-electron chi connectivity index (χ0n) is 15.9. The number of carbonyl (C=O) groups is 1. The molecule has 1 aliphatic heterocycles. The van der Waals surface area contributed by atoms with E-state index in [9.17, 15) is 14.0 Å². The van der Waals surface area contributed by atoms with Crippen LogP contribution < -0.4 is 10.3 Å². The molecule has 4 aromatic rings. The first kappa shape index (κ1) is 18.8. The summed E-state index contributed by atoms with van der Waals surface area (Å²) in [5.74, 6) is -0.769. The molecule has 0 spiro atoms. The molecule has 30 heavy (non-hydrogen) atoms. The SMILES string of the molecule is Cc1ccc2oc3c(c(=O)c2c1)[C@H](c1ccc(F)cc1)N(c1ccc(Br)cc1)C3=O. The maximum atomic E-state index is 13.6. The van der Waals surface area contributed by atoms with Crippen LogP contribution in [0.5, 0.6) is 0 Å². The van der Waals surface area contributed by atoms with Crippen molar-refractivity contribution in [2.45, 2.75) is 13.0 Å². The fourth-order valence-corrected chi connectivity index (χ4v) is 4.18. The van der Waals surface area contributed by atoms with E-state index in [0.717, 1.165) is 10.0 Å². The molecule has 2 heterocycles. The Hall–Kier alpha value is -3.25. The summed E-state index contributed by atoms with van der Waals surface area (Å²) in [5, 5.41) is 0.423. The van der Waals surface area contributed by atoms with E-state index in [-0.39, 0.29) is 22.6 Å². The number of halogens is 2. The van der Waals surface area contributed by atoms with Crippen LogP contribution in [0.25, 0.3) is 11.0 Å². The Kier molecular flexibility index (Phi) is 4.33. The molecule has 0 saturated carbocycles. The van der Waals surface area contributed by atoms with Crippen molar-refractivity contribution in [2.24, 2.45) is 0 Å². The number of anilines is 1. The summed E-state index contributed by atoms with van der Waals surface area (Å²) in [6.07, 6.45) is 0. The van der Waals surface area contributed by atoms with Crippen LogP contribution in [0.4, 0.5) is 10.1 Å². The number of hydrogen-bond acceptors (Lipinski definition) is 3. The second kappa shape index (κ2) is 6.92. The molecule has 3 aromatic carbocycles. The fourth-order valence-electron chi connectivity index (χ4n) is 3.92. The molecule has 1 amide bonds. The van der Waals surface area contributed by atoms with Crippen LogP contribution in [-0.4, -0.2) is 5.91 Å². The van der Waals surface area contributed by atoms with Crippen molar-refractivity contribution in [3.63, 3.8) is 0 Å². The van der Waals surface area contributed by atoms with Gasteiger partial charge in [0.25, 0.3) is 5.91 Å². The molecule has 148 valence electrons. The Morgan fingerprint density at radius 2 is 1.67 bits per heavy atom. The molecule has 0 saturated heterocycles. The molecule has 1 aliphatic rings. The standard InChI is InChI=1S/C24H15BrFNO3/c1-13-2-11-19-18(12-13)22(28)20-21(14-3-7-16(26)8-4-14)27(24(29)23(20)30-19)17-9-5-15(25)6-10-17/h2-12,21H,1H3/t21-/m0/s1. The van der Waals surface area contributed by atoms with Gasteiger partial charge in [-0.2, -0.15) is 0 Å². The van der Waals surface area contributed by atoms with Crippen LogP contribution >= 0.6 is 15.9 Å². The molecule has 0 bridgehead atoms. The first-order chi connectivity index (χ1) is 14.4. The fraction of sp³-hybridized carbons (Fsp3) is 0.0833. The predicted molar refractivity (Wildman–Crippen MR) is 116 cm³/mol. The summed E-state index contributed by atoms with van der Waals surface area (Å²) >= 11 is 3.40. The topological polar surface area (TPSA) is 50.5 Å². The van der Waals surface area contributed by atoms with Crippen molar-refractivity contribution in [1.29, 1.82) is 0 Å². The summed E-state index contributed by atoms with van der Waals surface area (Å²) in [6, 6.07) is 17.6. The van der Waals surface area contributed by atoms with Gasteiger partial charge in [-0.25, -0.2) is 4.39 Å². The normalized spacial score (nSPS) is 15.6. The number of rotatable bonds is 2. The lowest BCUT2D eigenvalue weighted by Gasteiger charge is -2.25. The zero-order chi connectivity index (χ0) is 21.0. The highest BCUT2D eigenvalue weighted by Crippen LogP contribution is 2.41. The van der Waals surface area contributed by atoms with E-state index < -0.39 is 11.9 Å². The predicted octanol–water partition coefficient (Wildman–Crippen LogP) is 5.75. The Morgan fingerprint density at radius 3 is 2.37 bits per heavy atom. The number of hydrogen-bond donors (Lipinski definition) is 0. The number of aryl methyl sites for hydroxylation is 1. The van der Waals surface area contributed by atoms with Crippen molar-refractivity contribution in [3.05, 3.63) is 110 Å². The van der Waals surface area contributed by atoms with E-state index in [1.54, 1.807) is 36.4 Å². The minimum absolute atomic E-state index is 0.0218. The van der Waals surface area contributed by atoms with E-state index in [4.69, 9.17) is 4.42 Å². The Bertz CT molecular complexity index is 1360. The molecular formula is C24H15BrFNO3. The largest absolute Gasteiger partial charge is 0.450 e. The van der Waals surface area contributed by atoms with Crippen LogP contribution in [0.2, 0.25) is 0 Å². The van der Waals surface area contributed by atoms with Crippen LogP contribution in [0, 0.1) is 12.7 Å². The van der Waals surface area contributed by atoms with E-state index in [1.807, 2.05) is 25.1 Å². The second-order valence-electron chi connectivity index (χ2n) is 7.28. The van der Waals surface area contributed by atoms with Gasteiger partial charge in [0.1, 0.15) is 11.4 Å². The summed E-state index contributed by atoms with van der Waals surface area (Å²) in [6.45, 7) is 1.89. The molecule has 1 aromatic heterocycles. The average molecular weight is 464 g/mol. The minimum atomic E-state index is -0.713. The van der Waals surface area contributed by atoms with Crippen molar-refractivity contribution in [3.8, 4) is 0 Å². The average Bonchev–Trinajstić information content (AvgIpc) is 3.03. The highest BCUT2D eigenvalue weighted by molar-refractivity contribution is 9.10. The van der Waals surface area contributed by atoms with Gasteiger partial charge < -0.3 is 4.42 Å².